The van der Waals surface area contributed by atoms with Crippen molar-refractivity contribution in [3.63, 3.8) is 0 Å². The number of nitrogens with zero attached hydrogens (tertiary/aromatic N) is 2. The van der Waals surface area contributed by atoms with Crippen LogP contribution in [-0.2, 0) is 0 Å². The van der Waals surface area contributed by atoms with E-state index in [1.54, 1.807) is 4.68 Å². The molecular weight excluding hydrogens is 220 g/mol. The first-order chi connectivity index (χ1) is 8.25. The Morgan fingerprint density at radius 2 is 2.12 bits per heavy atom. The number of hydrazine groups is 1. The molecule has 1 aliphatic heterocycles. The molecule has 17 heavy (non-hydrogen) atoms. The van der Waals surface area contributed by atoms with Crippen molar-refractivity contribution >= 4 is 11.8 Å². The summed E-state index contributed by atoms with van der Waals surface area (Å²) >= 11 is 0. The maximum Gasteiger partial charge on any atom is 0.356 e. The van der Waals surface area contributed by atoms with Crippen molar-refractivity contribution in [2.75, 3.05) is 5.43 Å². The van der Waals surface area contributed by atoms with Crippen molar-refractivity contribution < 1.29 is 9.90 Å². The first-order valence-electron chi connectivity index (χ1n) is 5.15. The Balaban J connectivity index is 2.01. The van der Waals surface area contributed by atoms with Crippen LogP contribution < -0.4 is 10.9 Å². The number of carboxylic acids is 1. The SMILES string of the molecule is O=C(O)c1cc2n(n1)C(c1ccccc1)NN2. The standard InChI is InChI=1S/C11H10N4O2/c16-11(17)8-6-9-12-13-10(15(9)14-8)7-4-2-1-3-5-7/h1-6,10,12-13H,(H,16,17). The predicted molar refractivity (Wildman–Crippen MR) is 60.5 cm³/mol. The van der Waals surface area contributed by atoms with Crippen LogP contribution in [-0.4, -0.2) is 20.9 Å². The first-order valence-corrected chi connectivity index (χ1v) is 5.15. The molecule has 1 aromatic heterocycles. The molecule has 2 aromatic rings. The first kappa shape index (κ1) is 9.86. The summed E-state index contributed by atoms with van der Waals surface area (Å²) in [7, 11) is 0. The number of aromatic nitrogens is 2. The van der Waals surface area contributed by atoms with Gasteiger partial charge in [-0.3, -0.25) is 0 Å². The van der Waals surface area contributed by atoms with Crippen LogP contribution in [0.2, 0.25) is 0 Å². The normalized spacial score (nSPS) is 17.5. The molecule has 0 saturated carbocycles. The average Bonchev–Trinajstić information content (AvgIpc) is 2.89. The summed E-state index contributed by atoms with van der Waals surface area (Å²) in [4.78, 5) is 10.8. The van der Waals surface area contributed by atoms with Gasteiger partial charge in [0.05, 0.1) is 0 Å². The van der Waals surface area contributed by atoms with Gasteiger partial charge in [-0.1, -0.05) is 30.3 Å². The Morgan fingerprint density at radius 1 is 1.35 bits per heavy atom. The van der Waals surface area contributed by atoms with E-state index in [9.17, 15) is 4.79 Å². The van der Waals surface area contributed by atoms with Gasteiger partial charge in [0, 0.05) is 6.07 Å². The molecule has 6 nitrogen and oxygen atoms in total. The van der Waals surface area contributed by atoms with Gasteiger partial charge in [0.1, 0.15) is 12.0 Å². The highest BCUT2D eigenvalue weighted by Crippen LogP contribution is 2.25. The van der Waals surface area contributed by atoms with Gasteiger partial charge in [0.2, 0.25) is 0 Å². The van der Waals surface area contributed by atoms with Gasteiger partial charge in [-0.25, -0.2) is 14.9 Å². The topological polar surface area (TPSA) is 79.2 Å². The van der Waals surface area contributed by atoms with Gasteiger partial charge in [-0.05, 0) is 5.56 Å². The molecule has 1 aromatic carbocycles. The fourth-order valence-electron chi connectivity index (χ4n) is 1.85. The molecular formula is C11H10N4O2. The van der Waals surface area contributed by atoms with Crippen LogP contribution in [0.25, 0.3) is 0 Å². The lowest BCUT2D eigenvalue weighted by atomic mass is 10.2. The maximum absolute atomic E-state index is 10.8. The van der Waals surface area contributed by atoms with E-state index in [-0.39, 0.29) is 11.9 Å². The number of aromatic carboxylic acids is 1. The minimum Gasteiger partial charge on any atom is -0.476 e. The molecule has 0 spiro atoms. The molecule has 2 heterocycles. The van der Waals surface area contributed by atoms with Crippen LogP contribution >= 0.6 is 0 Å². The van der Waals surface area contributed by atoms with E-state index >= 15 is 0 Å². The zero-order valence-electron chi connectivity index (χ0n) is 8.79. The zero-order valence-corrected chi connectivity index (χ0v) is 8.79. The lowest BCUT2D eigenvalue weighted by molar-refractivity contribution is 0.0689. The van der Waals surface area contributed by atoms with Crippen LogP contribution in [0, 0.1) is 0 Å². The molecule has 0 radical (unpaired) electrons. The van der Waals surface area contributed by atoms with E-state index in [0.29, 0.717) is 5.82 Å². The minimum absolute atomic E-state index is 0.0370. The van der Waals surface area contributed by atoms with Crippen LogP contribution in [0.15, 0.2) is 36.4 Å². The summed E-state index contributed by atoms with van der Waals surface area (Å²) in [5, 5.41) is 12.9. The van der Waals surface area contributed by atoms with E-state index in [1.807, 2.05) is 30.3 Å². The fraction of sp³-hybridized carbons (Fsp3) is 0.0909. The monoisotopic (exact) mass is 230 g/mol. The highest BCUT2D eigenvalue weighted by Gasteiger charge is 2.26. The van der Waals surface area contributed by atoms with Gasteiger partial charge in [-0.2, -0.15) is 5.10 Å². The average molecular weight is 230 g/mol. The van der Waals surface area contributed by atoms with Crippen molar-refractivity contribution in [3.05, 3.63) is 47.7 Å². The molecule has 1 unspecified atom stereocenters. The molecule has 0 saturated heterocycles. The van der Waals surface area contributed by atoms with Crippen LogP contribution in [0.1, 0.15) is 22.2 Å². The van der Waals surface area contributed by atoms with Crippen LogP contribution in [0.5, 0.6) is 0 Å². The lowest BCUT2D eigenvalue weighted by Crippen LogP contribution is -2.23. The molecule has 0 aliphatic carbocycles. The Kier molecular flexibility index (Phi) is 2.09. The Morgan fingerprint density at radius 3 is 2.82 bits per heavy atom. The van der Waals surface area contributed by atoms with Crippen molar-refractivity contribution in [2.45, 2.75) is 6.17 Å². The van der Waals surface area contributed by atoms with Gasteiger partial charge in [0.15, 0.2) is 5.69 Å². The molecule has 6 heteroatoms. The van der Waals surface area contributed by atoms with Crippen molar-refractivity contribution in [2.24, 2.45) is 0 Å². The van der Waals surface area contributed by atoms with E-state index in [0.717, 1.165) is 5.56 Å². The lowest BCUT2D eigenvalue weighted by Gasteiger charge is -2.11. The second-order valence-corrected chi connectivity index (χ2v) is 3.75. The number of anilines is 1. The summed E-state index contributed by atoms with van der Waals surface area (Å²) in [5.74, 6) is -0.378. The number of carbonyl (C=O) groups is 1. The Bertz CT molecular complexity index is 564. The number of carboxylic acid groups (broad SMARTS) is 1. The maximum atomic E-state index is 10.8. The zero-order chi connectivity index (χ0) is 11.8. The fourth-order valence-corrected chi connectivity index (χ4v) is 1.85. The van der Waals surface area contributed by atoms with Crippen LogP contribution in [0.4, 0.5) is 5.82 Å². The largest absolute Gasteiger partial charge is 0.476 e. The number of rotatable bonds is 2. The summed E-state index contributed by atoms with van der Waals surface area (Å²) < 4.78 is 1.62. The molecule has 1 aliphatic rings. The number of hydrogen-bond acceptors (Lipinski definition) is 4. The molecule has 3 N–H and O–H groups in total. The van der Waals surface area contributed by atoms with E-state index in [1.165, 1.54) is 6.07 Å². The van der Waals surface area contributed by atoms with Gasteiger partial charge in [0.25, 0.3) is 0 Å². The molecule has 0 amide bonds. The molecule has 0 bridgehead atoms. The van der Waals surface area contributed by atoms with Crippen molar-refractivity contribution in [1.29, 1.82) is 0 Å². The van der Waals surface area contributed by atoms with E-state index in [4.69, 9.17) is 5.11 Å². The predicted octanol–water partition coefficient (Wildman–Crippen LogP) is 1.06. The number of fused-ring (bicyclic) bond motifs is 1. The van der Waals surface area contributed by atoms with Gasteiger partial charge >= 0.3 is 5.97 Å². The van der Waals surface area contributed by atoms with Crippen molar-refractivity contribution in [1.82, 2.24) is 15.2 Å². The highest BCUT2D eigenvalue weighted by atomic mass is 16.4. The third-order valence-electron chi connectivity index (χ3n) is 2.65. The third-order valence-corrected chi connectivity index (χ3v) is 2.65. The third kappa shape index (κ3) is 1.55. The molecule has 3 rings (SSSR count). The number of nitrogens with one attached hydrogen (secondary N) is 2. The number of hydrogen-bond donors (Lipinski definition) is 3. The summed E-state index contributed by atoms with van der Waals surface area (Å²) in [5.41, 5.74) is 7.00. The van der Waals surface area contributed by atoms with E-state index in [2.05, 4.69) is 16.0 Å². The summed E-state index contributed by atoms with van der Waals surface area (Å²) in [6.45, 7) is 0. The summed E-state index contributed by atoms with van der Waals surface area (Å²) in [6, 6.07) is 11.2. The highest BCUT2D eigenvalue weighted by molar-refractivity contribution is 5.86. The second kappa shape index (κ2) is 3.60. The molecule has 86 valence electrons. The van der Waals surface area contributed by atoms with E-state index < -0.39 is 5.97 Å². The number of benzene rings is 1. The Labute approximate surface area is 96.8 Å². The summed E-state index contributed by atoms with van der Waals surface area (Å²) in [6.07, 6.45) is -0.181. The van der Waals surface area contributed by atoms with Gasteiger partial charge < -0.3 is 10.5 Å². The smallest absolute Gasteiger partial charge is 0.356 e. The van der Waals surface area contributed by atoms with Gasteiger partial charge in [-0.15, -0.1) is 0 Å². The molecule has 0 fully saturated rings. The van der Waals surface area contributed by atoms with Crippen molar-refractivity contribution in [3.8, 4) is 0 Å². The quantitative estimate of drug-likeness (QED) is 0.718. The molecule has 1 atom stereocenters. The van der Waals surface area contributed by atoms with Crippen LogP contribution in [0.3, 0.4) is 0 Å². The minimum atomic E-state index is -1.03. The Hall–Kier alpha value is -2.34. The second-order valence-electron chi connectivity index (χ2n) is 3.75.